The van der Waals surface area contributed by atoms with Gasteiger partial charge in [0.2, 0.25) is 0 Å². The minimum Gasteiger partial charge on any atom is -0.468 e. The molecule has 0 atom stereocenters. The molecule has 0 fully saturated rings. The predicted octanol–water partition coefficient (Wildman–Crippen LogP) is 2.61. The van der Waals surface area contributed by atoms with E-state index in [0.29, 0.717) is 6.10 Å². The van der Waals surface area contributed by atoms with Crippen molar-refractivity contribution in [3.8, 4) is 0 Å². The van der Waals surface area contributed by atoms with E-state index in [9.17, 15) is 0 Å². The fourth-order valence-electron chi connectivity index (χ4n) is 1.14. The molecule has 4 heteroatoms. The van der Waals surface area contributed by atoms with Crippen LogP contribution in [-0.2, 0) is 11.3 Å². The SMILES string of the molecule is CC(C)OCCCNCc1ccco1.Cl. The molecule has 88 valence electrons. The van der Waals surface area contributed by atoms with Gasteiger partial charge in [0.15, 0.2) is 0 Å². The molecule has 0 amide bonds. The number of rotatable bonds is 7. The zero-order chi connectivity index (χ0) is 10.2. The molecule has 0 aliphatic heterocycles. The fraction of sp³-hybridized carbons (Fsp3) is 0.636. The van der Waals surface area contributed by atoms with Gasteiger partial charge in [-0.15, -0.1) is 12.4 Å². The van der Waals surface area contributed by atoms with Crippen LogP contribution >= 0.6 is 12.4 Å². The minimum atomic E-state index is 0. The Hall–Kier alpha value is -0.510. The Labute approximate surface area is 97.6 Å². The second kappa shape index (κ2) is 8.77. The molecule has 1 aromatic rings. The molecule has 1 rings (SSSR count). The summed E-state index contributed by atoms with van der Waals surface area (Å²) in [6.45, 7) is 6.69. The molecule has 0 aromatic carbocycles. The van der Waals surface area contributed by atoms with Gasteiger partial charge in [-0.05, 0) is 38.9 Å². The summed E-state index contributed by atoms with van der Waals surface area (Å²) in [5.74, 6) is 0.981. The molecule has 0 saturated carbocycles. The van der Waals surface area contributed by atoms with Crippen molar-refractivity contribution in [2.24, 2.45) is 0 Å². The van der Waals surface area contributed by atoms with Gasteiger partial charge in [0.25, 0.3) is 0 Å². The van der Waals surface area contributed by atoms with Gasteiger partial charge >= 0.3 is 0 Å². The van der Waals surface area contributed by atoms with Gasteiger partial charge in [0.05, 0.1) is 18.9 Å². The summed E-state index contributed by atoms with van der Waals surface area (Å²) in [7, 11) is 0. The first-order valence-corrected chi connectivity index (χ1v) is 5.13. The maximum absolute atomic E-state index is 5.42. The average Bonchev–Trinajstić information content (AvgIpc) is 2.63. The largest absolute Gasteiger partial charge is 0.468 e. The molecule has 0 unspecified atom stereocenters. The van der Waals surface area contributed by atoms with Crippen LogP contribution in [-0.4, -0.2) is 19.3 Å². The highest BCUT2D eigenvalue weighted by Crippen LogP contribution is 1.98. The first-order chi connectivity index (χ1) is 6.79. The Balaban J connectivity index is 0.00000196. The first kappa shape index (κ1) is 14.5. The second-order valence-corrected chi connectivity index (χ2v) is 3.53. The van der Waals surface area contributed by atoms with Crippen molar-refractivity contribution >= 4 is 12.4 Å². The molecule has 0 aliphatic carbocycles. The first-order valence-electron chi connectivity index (χ1n) is 5.13. The Bertz CT molecular complexity index is 225. The van der Waals surface area contributed by atoms with E-state index >= 15 is 0 Å². The number of ether oxygens (including phenoxy) is 1. The van der Waals surface area contributed by atoms with Gasteiger partial charge in [0.1, 0.15) is 5.76 Å². The summed E-state index contributed by atoms with van der Waals surface area (Å²) in [4.78, 5) is 0. The summed E-state index contributed by atoms with van der Waals surface area (Å²) in [5, 5.41) is 3.29. The van der Waals surface area contributed by atoms with Crippen molar-refractivity contribution in [3.05, 3.63) is 24.2 Å². The van der Waals surface area contributed by atoms with Crippen LogP contribution in [0.3, 0.4) is 0 Å². The number of halogens is 1. The number of nitrogens with one attached hydrogen (secondary N) is 1. The van der Waals surface area contributed by atoms with Crippen molar-refractivity contribution in [2.45, 2.75) is 32.9 Å². The molecule has 3 nitrogen and oxygen atoms in total. The van der Waals surface area contributed by atoms with E-state index in [-0.39, 0.29) is 12.4 Å². The summed E-state index contributed by atoms with van der Waals surface area (Å²) < 4.78 is 10.6. The Morgan fingerprint density at radius 2 is 2.27 bits per heavy atom. The lowest BCUT2D eigenvalue weighted by Crippen LogP contribution is -2.16. The van der Waals surface area contributed by atoms with E-state index in [4.69, 9.17) is 9.15 Å². The van der Waals surface area contributed by atoms with E-state index in [2.05, 4.69) is 19.2 Å². The monoisotopic (exact) mass is 233 g/mol. The fourth-order valence-corrected chi connectivity index (χ4v) is 1.14. The Morgan fingerprint density at radius 1 is 1.47 bits per heavy atom. The lowest BCUT2D eigenvalue weighted by molar-refractivity contribution is 0.0770. The molecule has 0 aliphatic rings. The third-order valence-corrected chi connectivity index (χ3v) is 1.83. The van der Waals surface area contributed by atoms with Crippen LogP contribution in [0.5, 0.6) is 0 Å². The van der Waals surface area contributed by atoms with E-state index in [0.717, 1.165) is 31.9 Å². The van der Waals surface area contributed by atoms with Crippen LogP contribution in [0.2, 0.25) is 0 Å². The molecule has 1 N–H and O–H groups in total. The third-order valence-electron chi connectivity index (χ3n) is 1.83. The molecule has 0 radical (unpaired) electrons. The molecule has 1 heterocycles. The second-order valence-electron chi connectivity index (χ2n) is 3.53. The van der Waals surface area contributed by atoms with Crippen LogP contribution < -0.4 is 5.32 Å². The standard InChI is InChI=1S/C11H19NO2.ClH/c1-10(2)13-8-4-6-12-9-11-5-3-7-14-11;/h3,5,7,10,12H,4,6,8-9H2,1-2H3;1H. The van der Waals surface area contributed by atoms with Crippen molar-refractivity contribution in [3.63, 3.8) is 0 Å². The predicted molar refractivity (Wildman–Crippen MR) is 63.4 cm³/mol. The smallest absolute Gasteiger partial charge is 0.117 e. The van der Waals surface area contributed by atoms with Gasteiger partial charge < -0.3 is 14.5 Å². The Kier molecular flexibility index (Phi) is 8.47. The topological polar surface area (TPSA) is 34.4 Å². The number of hydrogen-bond acceptors (Lipinski definition) is 3. The lowest BCUT2D eigenvalue weighted by Gasteiger charge is -2.07. The van der Waals surface area contributed by atoms with E-state index in [1.807, 2.05) is 12.1 Å². The van der Waals surface area contributed by atoms with Crippen molar-refractivity contribution in [1.82, 2.24) is 5.32 Å². The third kappa shape index (κ3) is 7.42. The van der Waals surface area contributed by atoms with E-state index < -0.39 is 0 Å². The van der Waals surface area contributed by atoms with Crippen molar-refractivity contribution in [1.29, 1.82) is 0 Å². The minimum absolute atomic E-state index is 0. The normalized spacial score (nSPS) is 10.3. The highest BCUT2D eigenvalue weighted by molar-refractivity contribution is 5.85. The van der Waals surface area contributed by atoms with E-state index in [1.165, 1.54) is 0 Å². The van der Waals surface area contributed by atoms with Gasteiger partial charge in [-0.3, -0.25) is 0 Å². The molecule has 15 heavy (non-hydrogen) atoms. The quantitative estimate of drug-likeness (QED) is 0.736. The summed E-state index contributed by atoms with van der Waals surface area (Å²) in [6, 6.07) is 3.87. The number of hydrogen-bond donors (Lipinski definition) is 1. The zero-order valence-electron chi connectivity index (χ0n) is 9.36. The van der Waals surface area contributed by atoms with Crippen LogP contribution in [0.25, 0.3) is 0 Å². The van der Waals surface area contributed by atoms with Crippen molar-refractivity contribution < 1.29 is 9.15 Å². The van der Waals surface area contributed by atoms with Crippen LogP contribution in [0, 0.1) is 0 Å². The van der Waals surface area contributed by atoms with Gasteiger partial charge in [-0.2, -0.15) is 0 Å². The maximum atomic E-state index is 5.42. The molecular weight excluding hydrogens is 214 g/mol. The Morgan fingerprint density at radius 3 is 2.87 bits per heavy atom. The van der Waals surface area contributed by atoms with Gasteiger partial charge in [-0.25, -0.2) is 0 Å². The van der Waals surface area contributed by atoms with Crippen LogP contribution in [0.15, 0.2) is 22.8 Å². The van der Waals surface area contributed by atoms with E-state index in [1.54, 1.807) is 6.26 Å². The summed E-state index contributed by atoms with van der Waals surface area (Å²) in [6.07, 6.45) is 3.07. The van der Waals surface area contributed by atoms with Crippen LogP contribution in [0.1, 0.15) is 26.0 Å². The highest BCUT2D eigenvalue weighted by atomic mass is 35.5. The summed E-state index contributed by atoms with van der Waals surface area (Å²) >= 11 is 0. The zero-order valence-corrected chi connectivity index (χ0v) is 10.2. The summed E-state index contributed by atoms with van der Waals surface area (Å²) in [5.41, 5.74) is 0. The molecule has 0 saturated heterocycles. The average molecular weight is 234 g/mol. The molecule has 0 bridgehead atoms. The van der Waals surface area contributed by atoms with Crippen LogP contribution in [0.4, 0.5) is 0 Å². The molecule has 1 aromatic heterocycles. The molecule has 0 spiro atoms. The molecular formula is C11H20ClNO2. The maximum Gasteiger partial charge on any atom is 0.117 e. The lowest BCUT2D eigenvalue weighted by atomic mass is 10.4. The van der Waals surface area contributed by atoms with Crippen molar-refractivity contribution in [2.75, 3.05) is 13.2 Å². The van der Waals surface area contributed by atoms with Gasteiger partial charge in [-0.1, -0.05) is 0 Å². The highest BCUT2D eigenvalue weighted by Gasteiger charge is 1.95. The number of furan rings is 1. The van der Waals surface area contributed by atoms with Gasteiger partial charge in [0, 0.05) is 6.61 Å².